The van der Waals surface area contributed by atoms with E-state index in [9.17, 15) is 4.79 Å². The molecule has 5 heteroatoms. The number of hydrogen-bond donors (Lipinski definition) is 1. The van der Waals surface area contributed by atoms with Crippen LogP contribution in [0.5, 0.6) is 0 Å². The van der Waals surface area contributed by atoms with E-state index in [0.717, 1.165) is 30.0 Å². The van der Waals surface area contributed by atoms with Crippen molar-refractivity contribution < 1.29 is 9.39 Å². The van der Waals surface area contributed by atoms with Gasteiger partial charge >= 0.3 is 6.03 Å². The molecule has 1 aromatic carbocycles. The second-order valence-electron chi connectivity index (χ2n) is 7.28. The largest absolute Gasteiger partial charge is 0.452 e. The van der Waals surface area contributed by atoms with Gasteiger partial charge in [-0.05, 0) is 74.6 Å². The van der Waals surface area contributed by atoms with Crippen LogP contribution in [-0.2, 0) is 12.8 Å². The molecule has 3 aliphatic rings. The Bertz CT molecular complexity index is 750. The lowest BCUT2D eigenvalue weighted by molar-refractivity contribution is -0.822. The maximum atomic E-state index is 13.1. The Kier molecular flexibility index (Phi) is 3.77. The van der Waals surface area contributed by atoms with Gasteiger partial charge in [0.15, 0.2) is 0 Å². The van der Waals surface area contributed by atoms with Crippen molar-refractivity contribution in [3.05, 3.63) is 40.1 Å². The Morgan fingerprint density at radius 2 is 2.08 bits per heavy atom. The van der Waals surface area contributed by atoms with Crippen molar-refractivity contribution in [3.63, 3.8) is 0 Å². The normalized spacial score (nSPS) is 24.7. The van der Waals surface area contributed by atoms with Crippen molar-refractivity contribution in [2.45, 2.75) is 57.9 Å². The molecule has 24 heavy (non-hydrogen) atoms. The van der Waals surface area contributed by atoms with Crippen LogP contribution < -0.4 is 5.32 Å². The Morgan fingerprint density at radius 3 is 2.71 bits per heavy atom. The first kappa shape index (κ1) is 15.9. The quantitative estimate of drug-likeness (QED) is 0.772. The summed E-state index contributed by atoms with van der Waals surface area (Å²) >= 11 is 6.51. The average Bonchev–Trinajstić information content (AvgIpc) is 3.07. The molecule has 1 aliphatic heterocycles. The number of fused-ring (bicyclic) bond motifs is 1. The van der Waals surface area contributed by atoms with E-state index in [1.54, 1.807) is 6.21 Å². The number of carbonyl (C=O) groups is 1. The van der Waals surface area contributed by atoms with Crippen LogP contribution in [0.25, 0.3) is 0 Å². The first-order chi connectivity index (χ1) is 11.5. The number of nitrogens with one attached hydrogen (secondary N) is 1. The molecule has 126 valence electrons. The number of hydrogen-bond acceptors (Lipinski definition) is 2. The van der Waals surface area contributed by atoms with Crippen molar-refractivity contribution in [3.8, 4) is 0 Å². The minimum atomic E-state index is -0.0895. The van der Waals surface area contributed by atoms with E-state index in [0.29, 0.717) is 5.92 Å². The fourth-order valence-electron chi connectivity index (χ4n) is 3.83. The lowest BCUT2D eigenvalue weighted by atomic mass is 9.99. The van der Waals surface area contributed by atoms with Crippen molar-refractivity contribution in [1.82, 2.24) is 0 Å². The second-order valence-corrected chi connectivity index (χ2v) is 7.68. The molecule has 2 amide bonds. The fraction of sp³-hybridized carbons (Fsp3) is 0.474. The molecule has 1 atom stereocenters. The molecule has 1 N–H and O–H groups in total. The van der Waals surface area contributed by atoms with Crippen LogP contribution in [0.4, 0.5) is 10.5 Å². The van der Waals surface area contributed by atoms with Gasteiger partial charge in [0.2, 0.25) is 0 Å². The molecule has 1 saturated carbocycles. The van der Waals surface area contributed by atoms with Crippen LogP contribution in [0.2, 0.25) is 5.02 Å². The number of allylic oxidation sites excluding steroid dienone is 1. The summed E-state index contributed by atoms with van der Waals surface area (Å²) in [6.07, 6.45) is 10.9. The van der Waals surface area contributed by atoms with E-state index in [1.165, 1.54) is 29.5 Å². The summed E-state index contributed by atoms with van der Waals surface area (Å²) in [6, 6.07) is 2.04. The van der Waals surface area contributed by atoms with Gasteiger partial charge in [-0.3, -0.25) is 5.32 Å². The van der Waals surface area contributed by atoms with Crippen LogP contribution in [-0.4, -0.2) is 22.9 Å². The molecule has 2 aliphatic carbocycles. The Balaban J connectivity index is 1.75. The third-order valence-electron chi connectivity index (χ3n) is 5.40. The van der Waals surface area contributed by atoms with E-state index in [2.05, 4.69) is 16.5 Å². The molecule has 1 fully saturated rings. The lowest BCUT2D eigenvalue weighted by Crippen LogP contribution is -2.50. The van der Waals surface area contributed by atoms with E-state index < -0.39 is 0 Å². The van der Waals surface area contributed by atoms with Gasteiger partial charge in [0.05, 0.1) is 11.9 Å². The van der Waals surface area contributed by atoms with Crippen LogP contribution in [0.3, 0.4) is 0 Å². The molecule has 0 spiro atoms. The van der Waals surface area contributed by atoms with Crippen LogP contribution in [0, 0.1) is 0 Å². The third-order valence-corrected chi connectivity index (χ3v) is 5.73. The zero-order valence-electron chi connectivity index (χ0n) is 14.2. The number of urea groups is 1. The Hall–Kier alpha value is -1.65. The first-order valence-electron chi connectivity index (χ1n) is 8.80. The molecule has 1 heterocycles. The van der Waals surface area contributed by atoms with Crippen LogP contribution in [0.1, 0.15) is 55.7 Å². The highest BCUT2D eigenvalue weighted by Crippen LogP contribution is 2.48. The Labute approximate surface area is 147 Å². The number of halogens is 1. The molecule has 0 radical (unpaired) electrons. The van der Waals surface area contributed by atoms with E-state index in [4.69, 9.17) is 11.6 Å². The van der Waals surface area contributed by atoms with Gasteiger partial charge in [0.25, 0.3) is 0 Å². The minimum Gasteiger partial charge on any atom is -0.272 e. The van der Waals surface area contributed by atoms with Gasteiger partial charge in [-0.25, -0.2) is 4.79 Å². The molecule has 4 nitrogen and oxygen atoms in total. The summed E-state index contributed by atoms with van der Waals surface area (Å²) in [5, 5.41) is 8.53. The Morgan fingerprint density at radius 1 is 1.33 bits per heavy atom. The number of benzene rings is 1. The number of rotatable bonds is 3. The highest BCUT2D eigenvalue weighted by molar-refractivity contribution is 6.31. The highest BCUT2D eigenvalue weighted by Gasteiger charge is 2.42. The molecule has 4 rings (SSSR count). The predicted molar refractivity (Wildman–Crippen MR) is 97.5 cm³/mol. The zero-order chi connectivity index (χ0) is 16.9. The predicted octanol–water partition coefficient (Wildman–Crippen LogP) is 4.98. The molecule has 0 aromatic heterocycles. The molecular weight excluding hydrogens is 322 g/mol. The molecule has 0 bridgehead atoms. The van der Waals surface area contributed by atoms with Crippen molar-refractivity contribution in [1.29, 1.82) is 0 Å². The van der Waals surface area contributed by atoms with Gasteiger partial charge < -0.3 is 0 Å². The monoisotopic (exact) mass is 344 g/mol. The molecular formula is C19H23ClN3O+. The topological polar surface area (TPSA) is 41.5 Å². The molecule has 1 aromatic rings. The number of nitrogens with zero attached hydrogens (tertiary/aromatic N) is 2. The lowest BCUT2D eigenvalue weighted by Gasteiger charge is -2.28. The second kappa shape index (κ2) is 5.71. The summed E-state index contributed by atoms with van der Waals surface area (Å²) in [6.45, 7) is 4.03. The van der Waals surface area contributed by atoms with Crippen molar-refractivity contribution in [2.24, 2.45) is 5.10 Å². The highest BCUT2D eigenvalue weighted by atomic mass is 35.5. The SMILES string of the molecule is CC(C)[N+]1(C(=O)Nc2c(C3CC3)cc(Cl)c3c2CCC3)C=CC=N1. The van der Waals surface area contributed by atoms with Gasteiger partial charge in [0, 0.05) is 11.1 Å². The van der Waals surface area contributed by atoms with Gasteiger partial charge in [-0.1, -0.05) is 21.3 Å². The maximum absolute atomic E-state index is 13.1. The number of anilines is 1. The smallest absolute Gasteiger partial charge is 0.272 e. The van der Waals surface area contributed by atoms with Crippen molar-refractivity contribution >= 4 is 29.5 Å². The van der Waals surface area contributed by atoms with Gasteiger partial charge in [0.1, 0.15) is 12.2 Å². The summed E-state index contributed by atoms with van der Waals surface area (Å²) in [5.41, 5.74) is 4.68. The van der Waals surface area contributed by atoms with Gasteiger partial charge in [-0.2, -0.15) is 0 Å². The summed E-state index contributed by atoms with van der Waals surface area (Å²) in [4.78, 5) is 13.1. The summed E-state index contributed by atoms with van der Waals surface area (Å²) in [5.74, 6) is 0.536. The van der Waals surface area contributed by atoms with Crippen molar-refractivity contribution in [2.75, 3.05) is 5.32 Å². The number of carbonyl (C=O) groups excluding carboxylic acids is 1. The first-order valence-corrected chi connectivity index (χ1v) is 9.18. The average molecular weight is 345 g/mol. The molecule has 0 saturated heterocycles. The number of amides is 2. The maximum Gasteiger partial charge on any atom is 0.452 e. The van der Waals surface area contributed by atoms with Crippen LogP contribution >= 0.6 is 11.6 Å². The number of quaternary nitrogens is 1. The minimum absolute atomic E-state index is 0.0263. The van der Waals surface area contributed by atoms with E-state index in [1.807, 2.05) is 26.1 Å². The van der Waals surface area contributed by atoms with E-state index in [-0.39, 0.29) is 16.7 Å². The standard InChI is InChI=1S/C19H22ClN3O/c1-12(2)23(10-4-9-21-23)19(24)22-18-15-6-3-5-14(15)17(20)11-16(18)13-7-8-13/h4,9-13H,3,5-8H2,1-2H3/p+1. The van der Waals surface area contributed by atoms with Gasteiger partial charge in [-0.15, -0.1) is 0 Å². The summed E-state index contributed by atoms with van der Waals surface area (Å²) < 4.78 is -0.0263. The zero-order valence-corrected chi connectivity index (χ0v) is 14.9. The molecule has 1 unspecified atom stereocenters. The third kappa shape index (κ3) is 2.40. The van der Waals surface area contributed by atoms with Crippen LogP contribution in [0.15, 0.2) is 23.4 Å². The summed E-state index contributed by atoms with van der Waals surface area (Å²) in [7, 11) is 0. The van der Waals surface area contributed by atoms with E-state index >= 15 is 0 Å². The fourth-order valence-corrected chi connectivity index (χ4v) is 4.16.